The Balaban J connectivity index is 1.34. The summed E-state index contributed by atoms with van der Waals surface area (Å²) in [6.45, 7) is 7.84. The van der Waals surface area contributed by atoms with Gasteiger partial charge in [-0.3, -0.25) is 14.7 Å². The predicted molar refractivity (Wildman–Crippen MR) is 130 cm³/mol. The lowest BCUT2D eigenvalue weighted by molar-refractivity contribution is -0.121. The van der Waals surface area contributed by atoms with Crippen molar-refractivity contribution < 1.29 is 33.0 Å². The Morgan fingerprint density at radius 1 is 1.19 bits per heavy atom. The van der Waals surface area contributed by atoms with Crippen LogP contribution in [0.1, 0.15) is 33.4 Å². The molecular formula is C26H29FN4O6. The largest absolute Gasteiger partial charge is 0.444 e. The molecule has 3 aliphatic rings. The van der Waals surface area contributed by atoms with Gasteiger partial charge >= 0.3 is 12.2 Å². The molecule has 0 radical (unpaired) electrons. The van der Waals surface area contributed by atoms with Gasteiger partial charge < -0.3 is 24.8 Å². The number of benzene rings is 1. The van der Waals surface area contributed by atoms with Crippen LogP contribution in [-0.2, 0) is 24.5 Å². The molecule has 2 aliphatic heterocycles. The summed E-state index contributed by atoms with van der Waals surface area (Å²) in [4.78, 5) is 41.9. The van der Waals surface area contributed by atoms with Crippen molar-refractivity contribution in [2.45, 2.75) is 45.1 Å². The average Bonchev–Trinajstić information content (AvgIpc) is 3.12. The third-order valence-corrected chi connectivity index (χ3v) is 6.79. The van der Waals surface area contributed by atoms with Gasteiger partial charge in [0.1, 0.15) is 11.4 Å². The molecule has 0 bridgehead atoms. The van der Waals surface area contributed by atoms with Gasteiger partial charge in [-0.15, -0.1) is 0 Å². The van der Waals surface area contributed by atoms with Crippen LogP contribution < -0.4 is 15.5 Å². The first-order valence-electron chi connectivity index (χ1n) is 12.1. The highest BCUT2D eigenvalue weighted by molar-refractivity contribution is 5.90. The van der Waals surface area contributed by atoms with Gasteiger partial charge in [-0.05, 0) is 45.0 Å². The molecule has 1 aliphatic carbocycles. The highest BCUT2D eigenvalue weighted by Crippen LogP contribution is 2.60. The van der Waals surface area contributed by atoms with Crippen LogP contribution in [0.5, 0.6) is 0 Å². The number of anilines is 1. The number of nitrogens with one attached hydrogen (secondary N) is 2. The molecule has 3 fully saturated rings. The van der Waals surface area contributed by atoms with Gasteiger partial charge in [0.15, 0.2) is 6.23 Å². The molecule has 10 nitrogen and oxygen atoms in total. The number of halogens is 1. The van der Waals surface area contributed by atoms with Crippen molar-refractivity contribution in [3.05, 3.63) is 48.0 Å². The molecule has 2 saturated heterocycles. The van der Waals surface area contributed by atoms with Crippen molar-refractivity contribution in [3.63, 3.8) is 0 Å². The summed E-state index contributed by atoms with van der Waals surface area (Å²) in [5.74, 6) is -0.685. The van der Waals surface area contributed by atoms with E-state index in [4.69, 9.17) is 14.2 Å². The smallest absolute Gasteiger partial charge is 0.416 e. The van der Waals surface area contributed by atoms with E-state index in [2.05, 4.69) is 15.6 Å². The van der Waals surface area contributed by atoms with E-state index in [0.29, 0.717) is 35.7 Å². The van der Waals surface area contributed by atoms with Gasteiger partial charge in [0.05, 0.1) is 36.7 Å². The third kappa shape index (κ3) is 4.71. The number of alkyl carbamates (subject to hydrolysis) is 1. The maximum Gasteiger partial charge on any atom is 0.416 e. The zero-order valence-corrected chi connectivity index (χ0v) is 21.0. The molecule has 11 heteroatoms. The lowest BCUT2D eigenvalue weighted by Gasteiger charge is -2.26. The summed E-state index contributed by atoms with van der Waals surface area (Å²) in [6, 6.07) is 7.96. The van der Waals surface area contributed by atoms with Crippen LogP contribution in [0.15, 0.2) is 36.5 Å². The van der Waals surface area contributed by atoms with E-state index in [1.165, 1.54) is 17.9 Å². The molecule has 4 atom stereocenters. The van der Waals surface area contributed by atoms with Gasteiger partial charge in [-0.1, -0.05) is 6.07 Å². The van der Waals surface area contributed by atoms with Crippen molar-refractivity contribution in [1.82, 2.24) is 15.6 Å². The molecule has 5 rings (SSSR count). The number of amides is 3. The number of hydrogen-bond acceptors (Lipinski definition) is 7. The standard InChI is InChI=1S/C26H29FN4O6/c1-14(32)29-22-11-31(24(34)36-22)16-6-7-17(20(27)9-16)15-5-8-21(28-10-15)26(18-12-35-13-19(18)26)30-23(33)37-25(2,3)4/h5-10,18-19,22H,11-13H2,1-4H3,(H,29,32)(H,30,33)/t18-,19+,22?,26-. The first kappa shape index (κ1) is 24.9. The summed E-state index contributed by atoms with van der Waals surface area (Å²) >= 11 is 0. The lowest BCUT2D eigenvalue weighted by Crippen LogP contribution is -2.43. The number of nitrogens with zero attached hydrogens (tertiary/aromatic N) is 2. The molecular weight excluding hydrogens is 483 g/mol. The number of carbonyl (C=O) groups is 3. The second kappa shape index (κ2) is 8.98. The van der Waals surface area contributed by atoms with Crippen LogP contribution in [0.2, 0.25) is 0 Å². The molecule has 3 amide bonds. The molecule has 2 aromatic rings. The Morgan fingerprint density at radius 2 is 1.92 bits per heavy atom. The summed E-state index contributed by atoms with van der Waals surface area (Å²) < 4.78 is 31.2. The van der Waals surface area contributed by atoms with Crippen LogP contribution in [0.3, 0.4) is 0 Å². The lowest BCUT2D eigenvalue weighted by atomic mass is 10.0. The van der Waals surface area contributed by atoms with Crippen LogP contribution in [0.25, 0.3) is 11.1 Å². The molecule has 0 spiro atoms. The minimum atomic E-state index is -0.793. The third-order valence-electron chi connectivity index (χ3n) is 6.79. The van der Waals surface area contributed by atoms with Crippen molar-refractivity contribution >= 4 is 23.8 Å². The van der Waals surface area contributed by atoms with Gasteiger partial charge in [-0.2, -0.15) is 0 Å². The van der Waals surface area contributed by atoms with Crippen LogP contribution in [0.4, 0.5) is 19.7 Å². The zero-order chi connectivity index (χ0) is 26.5. The fraction of sp³-hybridized carbons (Fsp3) is 0.462. The fourth-order valence-electron chi connectivity index (χ4n) is 5.14. The zero-order valence-electron chi connectivity index (χ0n) is 21.0. The van der Waals surface area contributed by atoms with Crippen molar-refractivity contribution in [1.29, 1.82) is 0 Å². The number of hydrogen-bond donors (Lipinski definition) is 2. The summed E-state index contributed by atoms with van der Waals surface area (Å²) in [6.07, 6.45) is -0.412. The van der Waals surface area contributed by atoms with E-state index in [1.54, 1.807) is 51.2 Å². The number of fused-ring (bicyclic) bond motifs is 1. The van der Waals surface area contributed by atoms with E-state index in [1.807, 2.05) is 0 Å². The molecule has 1 saturated carbocycles. The Bertz CT molecular complexity index is 1230. The minimum absolute atomic E-state index is 0.0756. The predicted octanol–water partition coefficient (Wildman–Crippen LogP) is 3.30. The number of ether oxygens (including phenoxy) is 3. The molecule has 37 heavy (non-hydrogen) atoms. The summed E-state index contributed by atoms with van der Waals surface area (Å²) in [5, 5.41) is 5.53. The molecule has 1 unspecified atom stereocenters. The fourth-order valence-corrected chi connectivity index (χ4v) is 5.14. The highest BCUT2D eigenvalue weighted by Gasteiger charge is 2.70. The SMILES string of the molecule is CC(=O)NC1CN(c2ccc(-c3ccc([C@@]4(NC(=O)OC(C)(C)C)[C@@H]5COC[C@@H]54)nc3)c(F)c2)C(=O)O1. The highest BCUT2D eigenvalue weighted by atomic mass is 19.1. The maximum atomic E-state index is 15.1. The van der Waals surface area contributed by atoms with E-state index < -0.39 is 35.4 Å². The Kier molecular flexibility index (Phi) is 6.06. The molecule has 3 heterocycles. The van der Waals surface area contributed by atoms with Gasteiger partial charge in [-0.25, -0.2) is 14.0 Å². The normalized spacial score (nSPS) is 26.4. The van der Waals surface area contributed by atoms with Gasteiger partial charge in [0.2, 0.25) is 5.91 Å². The summed E-state index contributed by atoms with van der Waals surface area (Å²) in [7, 11) is 0. The number of aromatic nitrogens is 1. The van der Waals surface area contributed by atoms with Crippen LogP contribution >= 0.6 is 0 Å². The van der Waals surface area contributed by atoms with Crippen molar-refractivity contribution in [3.8, 4) is 11.1 Å². The van der Waals surface area contributed by atoms with Gasteiger partial charge in [0, 0.05) is 36.1 Å². The van der Waals surface area contributed by atoms with E-state index in [0.717, 1.165) is 0 Å². The van der Waals surface area contributed by atoms with Crippen molar-refractivity contribution in [2.75, 3.05) is 24.7 Å². The summed E-state index contributed by atoms with van der Waals surface area (Å²) in [5.41, 5.74) is 0.520. The quantitative estimate of drug-likeness (QED) is 0.631. The second-order valence-corrected chi connectivity index (χ2v) is 10.5. The Hall–Kier alpha value is -3.73. The molecule has 2 N–H and O–H groups in total. The minimum Gasteiger partial charge on any atom is -0.444 e. The first-order chi connectivity index (χ1) is 17.5. The molecule has 1 aromatic carbocycles. The second-order valence-electron chi connectivity index (χ2n) is 10.5. The average molecular weight is 513 g/mol. The van der Waals surface area contributed by atoms with Crippen LogP contribution in [-0.4, -0.2) is 54.7 Å². The molecule has 196 valence electrons. The molecule has 1 aromatic heterocycles. The van der Waals surface area contributed by atoms with E-state index in [9.17, 15) is 14.4 Å². The van der Waals surface area contributed by atoms with Gasteiger partial charge in [0.25, 0.3) is 0 Å². The first-order valence-corrected chi connectivity index (χ1v) is 12.1. The number of carbonyl (C=O) groups excluding carboxylic acids is 3. The van der Waals surface area contributed by atoms with Crippen molar-refractivity contribution in [2.24, 2.45) is 11.8 Å². The van der Waals surface area contributed by atoms with Crippen LogP contribution in [0, 0.1) is 17.7 Å². The topological polar surface area (TPSA) is 119 Å². The number of rotatable bonds is 5. The van der Waals surface area contributed by atoms with E-state index >= 15 is 4.39 Å². The monoisotopic (exact) mass is 512 g/mol. The van der Waals surface area contributed by atoms with E-state index in [-0.39, 0.29) is 24.3 Å². The Labute approximate surface area is 213 Å². The number of pyridine rings is 1. The number of cyclic esters (lactones) is 1. The Morgan fingerprint density at radius 3 is 2.51 bits per heavy atom. The maximum absolute atomic E-state index is 15.1.